The molecule has 0 aliphatic rings. The van der Waals surface area contributed by atoms with Crippen molar-refractivity contribution >= 4 is 17.4 Å². The topological polar surface area (TPSA) is 63.4 Å². The highest BCUT2D eigenvalue weighted by molar-refractivity contribution is 6.06. The summed E-state index contributed by atoms with van der Waals surface area (Å²) in [6.07, 6.45) is 0. The number of rotatable bonds is 4. The lowest BCUT2D eigenvalue weighted by Crippen LogP contribution is -2.31. The number of hydrogen-bond donors (Lipinski definition) is 0. The molecule has 0 aliphatic heterocycles. The average molecular weight is 371 g/mol. The Balaban J connectivity index is 1.76. The molecule has 0 aliphatic carbocycles. The van der Waals surface area contributed by atoms with Gasteiger partial charge in [-0.15, -0.1) is 5.10 Å². The summed E-state index contributed by atoms with van der Waals surface area (Å²) < 4.78 is 1.71. The molecule has 0 spiro atoms. The predicted molar refractivity (Wildman–Crippen MR) is 108 cm³/mol. The second kappa shape index (κ2) is 7.23. The van der Waals surface area contributed by atoms with Gasteiger partial charge in [-0.1, -0.05) is 36.4 Å². The fraction of sp³-hybridized carbons (Fsp3) is 0.182. The van der Waals surface area contributed by atoms with Gasteiger partial charge in [-0.3, -0.25) is 4.79 Å². The SMILES string of the molecule is Cc1cc(C)n2nc(CN(C(=O)c3ccccc3C)c3ccccc3)nc2n1. The number of aryl methyl sites for hydroxylation is 3. The molecule has 0 bridgehead atoms. The molecule has 6 nitrogen and oxygen atoms in total. The molecule has 0 N–H and O–H groups in total. The Bertz CT molecular complexity index is 1150. The van der Waals surface area contributed by atoms with Crippen molar-refractivity contribution in [3.05, 3.63) is 89.0 Å². The summed E-state index contributed by atoms with van der Waals surface area (Å²) in [7, 11) is 0. The standard InChI is InChI=1S/C22H21N5O/c1-15-9-7-8-12-19(15)21(28)26(18-10-5-4-6-11-18)14-20-24-22-23-16(2)13-17(3)27(22)25-20/h4-13H,14H2,1-3H3. The van der Waals surface area contributed by atoms with Crippen molar-refractivity contribution in [3.8, 4) is 0 Å². The second-order valence-electron chi connectivity index (χ2n) is 6.82. The monoisotopic (exact) mass is 371 g/mol. The zero-order valence-corrected chi connectivity index (χ0v) is 16.1. The van der Waals surface area contributed by atoms with Crippen LogP contribution in [0.5, 0.6) is 0 Å². The Morgan fingerprint density at radius 1 is 0.964 bits per heavy atom. The van der Waals surface area contributed by atoms with E-state index in [2.05, 4.69) is 15.1 Å². The molecule has 140 valence electrons. The van der Waals surface area contributed by atoms with Crippen molar-refractivity contribution in [1.82, 2.24) is 19.6 Å². The molecule has 0 fully saturated rings. The van der Waals surface area contributed by atoms with Gasteiger partial charge in [-0.25, -0.2) is 9.50 Å². The lowest BCUT2D eigenvalue weighted by atomic mass is 10.1. The number of aromatic nitrogens is 4. The Morgan fingerprint density at radius 3 is 2.43 bits per heavy atom. The smallest absolute Gasteiger partial charge is 0.258 e. The third-order valence-electron chi connectivity index (χ3n) is 4.65. The van der Waals surface area contributed by atoms with Crippen LogP contribution < -0.4 is 4.90 Å². The molecule has 4 rings (SSSR count). The van der Waals surface area contributed by atoms with E-state index < -0.39 is 0 Å². The Hall–Kier alpha value is -3.54. The van der Waals surface area contributed by atoms with Crippen molar-refractivity contribution in [3.63, 3.8) is 0 Å². The van der Waals surface area contributed by atoms with Gasteiger partial charge < -0.3 is 4.90 Å². The van der Waals surface area contributed by atoms with Crippen LogP contribution >= 0.6 is 0 Å². The van der Waals surface area contributed by atoms with Crippen molar-refractivity contribution in [2.45, 2.75) is 27.3 Å². The van der Waals surface area contributed by atoms with Crippen molar-refractivity contribution in [2.75, 3.05) is 4.90 Å². The summed E-state index contributed by atoms with van der Waals surface area (Å²) in [6, 6.07) is 19.1. The summed E-state index contributed by atoms with van der Waals surface area (Å²) >= 11 is 0. The molecule has 2 aromatic carbocycles. The van der Waals surface area contributed by atoms with E-state index in [0.717, 1.165) is 22.6 Å². The lowest BCUT2D eigenvalue weighted by Gasteiger charge is -2.22. The van der Waals surface area contributed by atoms with Gasteiger partial charge in [-0.2, -0.15) is 4.98 Å². The Labute approximate surface area is 163 Å². The first-order chi connectivity index (χ1) is 13.5. The van der Waals surface area contributed by atoms with Crippen LogP contribution in [0.3, 0.4) is 0 Å². The highest BCUT2D eigenvalue weighted by Crippen LogP contribution is 2.21. The van der Waals surface area contributed by atoms with Gasteiger partial charge in [0, 0.05) is 22.6 Å². The van der Waals surface area contributed by atoms with E-state index in [-0.39, 0.29) is 12.5 Å². The Morgan fingerprint density at radius 2 is 1.68 bits per heavy atom. The van der Waals surface area contributed by atoms with E-state index in [9.17, 15) is 4.79 Å². The average Bonchev–Trinajstić information content (AvgIpc) is 3.09. The number of fused-ring (bicyclic) bond motifs is 1. The van der Waals surface area contributed by atoms with E-state index in [4.69, 9.17) is 0 Å². The number of para-hydroxylation sites is 1. The van der Waals surface area contributed by atoms with E-state index >= 15 is 0 Å². The molecule has 0 saturated heterocycles. The minimum Gasteiger partial charge on any atom is -0.301 e. The normalized spacial score (nSPS) is 11.0. The minimum absolute atomic E-state index is 0.0796. The van der Waals surface area contributed by atoms with Crippen molar-refractivity contribution < 1.29 is 4.79 Å². The van der Waals surface area contributed by atoms with Gasteiger partial charge in [0.2, 0.25) is 0 Å². The fourth-order valence-electron chi connectivity index (χ4n) is 3.26. The molecule has 0 atom stereocenters. The lowest BCUT2D eigenvalue weighted by molar-refractivity contribution is 0.0984. The van der Waals surface area contributed by atoms with Crippen LogP contribution in [0.25, 0.3) is 5.78 Å². The predicted octanol–water partition coefficient (Wildman–Crippen LogP) is 3.90. The molecule has 2 heterocycles. The molecule has 0 unspecified atom stereocenters. The third-order valence-corrected chi connectivity index (χ3v) is 4.65. The van der Waals surface area contributed by atoms with E-state index in [1.807, 2.05) is 81.4 Å². The number of carbonyl (C=O) groups excluding carboxylic acids is 1. The van der Waals surface area contributed by atoms with Gasteiger partial charge in [0.25, 0.3) is 11.7 Å². The maximum Gasteiger partial charge on any atom is 0.258 e. The maximum absolute atomic E-state index is 13.4. The van der Waals surface area contributed by atoms with Crippen LogP contribution in [0.4, 0.5) is 5.69 Å². The number of benzene rings is 2. The van der Waals surface area contributed by atoms with E-state index in [0.29, 0.717) is 17.2 Å². The quantitative estimate of drug-likeness (QED) is 0.546. The summed E-state index contributed by atoms with van der Waals surface area (Å²) in [6.45, 7) is 6.10. The van der Waals surface area contributed by atoms with E-state index in [1.54, 1.807) is 9.42 Å². The van der Waals surface area contributed by atoms with E-state index in [1.165, 1.54) is 0 Å². The molecule has 1 amide bonds. The summed E-state index contributed by atoms with van der Waals surface area (Å²) in [5.74, 6) is 1.01. The second-order valence-corrected chi connectivity index (χ2v) is 6.82. The first kappa shape index (κ1) is 17.9. The molecule has 28 heavy (non-hydrogen) atoms. The van der Waals surface area contributed by atoms with Crippen LogP contribution in [0.15, 0.2) is 60.7 Å². The summed E-state index contributed by atoms with van der Waals surface area (Å²) in [5, 5.41) is 4.57. The molecule has 6 heteroatoms. The van der Waals surface area contributed by atoms with Crippen LogP contribution in [-0.2, 0) is 6.54 Å². The number of carbonyl (C=O) groups is 1. The van der Waals surface area contributed by atoms with Crippen LogP contribution in [0.2, 0.25) is 0 Å². The molecule has 2 aromatic heterocycles. The van der Waals surface area contributed by atoms with Crippen molar-refractivity contribution in [1.29, 1.82) is 0 Å². The zero-order chi connectivity index (χ0) is 19.7. The first-order valence-corrected chi connectivity index (χ1v) is 9.15. The summed E-state index contributed by atoms with van der Waals surface area (Å²) in [5.41, 5.74) is 4.25. The largest absolute Gasteiger partial charge is 0.301 e. The highest BCUT2D eigenvalue weighted by atomic mass is 16.2. The van der Waals surface area contributed by atoms with Gasteiger partial charge in [0.15, 0.2) is 5.82 Å². The Kier molecular flexibility index (Phi) is 4.61. The minimum atomic E-state index is -0.0796. The molecule has 0 saturated carbocycles. The number of amides is 1. The van der Waals surface area contributed by atoms with Crippen LogP contribution in [-0.4, -0.2) is 25.5 Å². The molecular weight excluding hydrogens is 350 g/mol. The molecule has 0 radical (unpaired) electrons. The van der Waals surface area contributed by atoms with Gasteiger partial charge in [0.05, 0.1) is 6.54 Å². The number of hydrogen-bond acceptors (Lipinski definition) is 4. The zero-order valence-electron chi connectivity index (χ0n) is 16.1. The first-order valence-electron chi connectivity index (χ1n) is 9.15. The van der Waals surface area contributed by atoms with Crippen LogP contribution in [0.1, 0.15) is 33.1 Å². The van der Waals surface area contributed by atoms with Gasteiger partial charge >= 0.3 is 0 Å². The molecular formula is C22H21N5O. The number of nitrogens with zero attached hydrogens (tertiary/aromatic N) is 5. The van der Waals surface area contributed by atoms with Crippen LogP contribution in [0, 0.1) is 20.8 Å². The van der Waals surface area contributed by atoms with Gasteiger partial charge in [-0.05, 0) is 50.6 Å². The van der Waals surface area contributed by atoms with Gasteiger partial charge in [0.1, 0.15) is 0 Å². The van der Waals surface area contributed by atoms with Crippen molar-refractivity contribution in [2.24, 2.45) is 0 Å². The number of anilines is 1. The summed E-state index contributed by atoms with van der Waals surface area (Å²) in [4.78, 5) is 24.0. The fourth-order valence-corrected chi connectivity index (χ4v) is 3.26. The molecule has 4 aromatic rings. The third kappa shape index (κ3) is 3.36. The highest BCUT2D eigenvalue weighted by Gasteiger charge is 2.21. The maximum atomic E-state index is 13.4.